The quantitative estimate of drug-likeness (QED) is 0.467. The first-order chi connectivity index (χ1) is 11.5. The summed E-state index contributed by atoms with van der Waals surface area (Å²) in [6, 6.07) is 7.75. The predicted molar refractivity (Wildman–Crippen MR) is 94.2 cm³/mol. The second-order valence-electron chi connectivity index (χ2n) is 6.76. The smallest absolute Gasteiger partial charge is 0.303 e. The molecule has 4 nitrogen and oxygen atoms in total. The molecule has 0 aromatic heterocycles. The van der Waals surface area contributed by atoms with Crippen LogP contribution in [-0.4, -0.2) is 32.8 Å². The van der Waals surface area contributed by atoms with Gasteiger partial charge in [-0.1, -0.05) is 43.5 Å². The van der Waals surface area contributed by atoms with Crippen LogP contribution in [0.25, 0.3) is 0 Å². The lowest BCUT2D eigenvalue weighted by Crippen LogP contribution is -2.19. The number of carbonyl (C=O) groups is 1. The van der Waals surface area contributed by atoms with E-state index in [1.54, 1.807) is 0 Å². The number of carboxylic acid groups (broad SMARTS) is 1. The number of aliphatic hydroxyl groups is 2. The van der Waals surface area contributed by atoms with E-state index >= 15 is 0 Å². The van der Waals surface area contributed by atoms with Gasteiger partial charge in [0.1, 0.15) is 0 Å². The minimum absolute atomic E-state index is 0.0192. The van der Waals surface area contributed by atoms with Gasteiger partial charge in [-0.15, -0.1) is 11.6 Å². The lowest BCUT2D eigenvalue weighted by molar-refractivity contribution is -0.137. The van der Waals surface area contributed by atoms with Crippen molar-refractivity contribution in [3.8, 4) is 0 Å². The van der Waals surface area contributed by atoms with Crippen LogP contribution in [0, 0.1) is 5.92 Å². The highest BCUT2D eigenvalue weighted by Gasteiger charge is 2.41. The van der Waals surface area contributed by atoms with E-state index in [4.69, 9.17) is 21.8 Å². The van der Waals surface area contributed by atoms with E-state index in [9.17, 15) is 9.90 Å². The summed E-state index contributed by atoms with van der Waals surface area (Å²) in [5.74, 6) is -0.457. The number of aliphatic carboxylic acids is 1. The number of rotatable bonds is 9. The Balaban J connectivity index is 1.89. The standard InChI is InChI=1S/C19H27ClO4/c20-16-11-17(22)19(14-9-7-13(12-21)8-10-14)15(16)5-3-1-2-4-6-18(23)24/h7-10,15-17,19,21-22H,1-6,11-12H2,(H,23,24). The van der Waals surface area contributed by atoms with E-state index in [0.717, 1.165) is 43.2 Å². The number of unbranched alkanes of at least 4 members (excludes halogenated alkanes) is 3. The van der Waals surface area contributed by atoms with Crippen LogP contribution in [0.15, 0.2) is 24.3 Å². The molecule has 1 aromatic carbocycles. The fourth-order valence-electron chi connectivity index (χ4n) is 3.75. The number of carboxylic acids is 1. The van der Waals surface area contributed by atoms with Crippen molar-refractivity contribution in [2.24, 2.45) is 5.92 Å². The van der Waals surface area contributed by atoms with Crippen LogP contribution in [0.1, 0.15) is 62.0 Å². The third-order valence-corrected chi connectivity index (χ3v) is 5.53. The summed E-state index contributed by atoms with van der Waals surface area (Å²) in [4.78, 5) is 10.5. The average molecular weight is 355 g/mol. The van der Waals surface area contributed by atoms with Crippen molar-refractivity contribution in [1.82, 2.24) is 0 Å². The van der Waals surface area contributed by atoms with Crippen LogP contribution in [0.2, 0.25) is 0 Å². The summed E-state index contributed by atoms with van der Waals surface area (Å²) in [6.45, 7) is 0.0192. The van der Waals surface area contributed by atoms with E-state index in [1.807, 2.05) is 24.3 Å². The SMILES string of the molecule is O=C(O)CCCCCCC1C(Cl)CC(O)C1c1ccc(CO)cc1. The van der Waals surface area contributed by atoms with Gasteiger partial charge in [0, 0.05) is 17.7 Å². The van der Waals surface area contributed by atoms with Crippen LogP contribution in [0.5, 0.6) is 0 Å². The number of benzene rings is 1. The summed E-state index contributed by atoms with van der Waals surface area (Å²) >= 11 is 6.48. The summed E-state index contributed by atoms with van der Waals surface area (Å²) in [6.07, 6.45) is 5.02. The number of hydrogen-bond acceptors (Lipinski definition) is 3. The topological polar surface area (TPSA) is 77.8 Å². The molecule has 2 rings (SSSR count). The zero-order valence-electron chi connectivity index (χ0n) is 13.9. The molecule has 0 aliphatic heterocycles. The Kier molecular flexibility index (Phi) is 7.53. The second kappa shape index (κ2) is 9.40. The van der Waals surface area contributed by atoms with Crippen LogP contribution in [0.4, 0.5) is 0 Å². The first-order valence-electron chi connectivity index (χ1n) is 8.76. The highest BCUT2D eigenvalue weighted by molar-refractivity contribution is 6.21. The Morgan fingerprint density at radius 3 is 2.42 bits per heavy atom. The molecular weight excluding hydrogens is 328 g/mol. The van der Waals surface area contributed by atoms with Gasteiger partial charge in [-0.2, -0.15) is 0 Å². The Morgan fingerprint density at radius 1 is 1.12 bits per heavy atom. The van der Waals surface area contributed by atoms with E-state index < -0.39 is 12.1 Å². The minimum Gasteiger partial charge on any atom is -0.481 e. The van der Waals surface area contributed by atoms with Gasteiger partial charge in [0.05, 0.1) is 12.7 Å². The largest absolute Gasteiger partial charge is 0.481 e. The molecule has 0 radical (unpaired) electrons. The van der Waals surface area contributed by atoms with Gasteiger partial charge < -0.3 is 15.3 Å². The molecule has 4 unspecified atom stereocenters. The third kappa shape index (κ3) is 5.20. The van der Waals surface area contributed by atoms with Crippen molar-refractivity contribution in [3.05, 3.63) is 35.4 Å². The zero-order chi connectivity index (χ0) is 17.5. The third-order valence-electron chi connectivity index (χ3n) is 5.03. The molecule has 0 amide bonds. The number of hydrogen-bond donors (Lipinski definition) is 3. The van der Waals surface area contributed by atoms with Gasteiger partial charge in [-0.25, -0.2) is 0 Å². The van der Waals surface area contributed by atoms with Crippen molar-refractivity contribution >= 4 is 17.6 Å². The maximum absolute atomic E-state index is 10.5. The Labute approximate surface area is 148 Å². The van der Waals surface area contributed by atoms with E-state index in [2.05, 4.69) is 0 Å². The van der Waals surface area contributed by atoms with Crippen molar-refractivity contribution in [3.63, 3.8) is 0 Å². The number of halogens is 1. The summed E-state index contributed by atoms with van der Waals surface area (Å²) in [7, 11) is 0. The van der Waals surface area contributed by atoms with Crippen molar-refractivity contribution in [2.75, 3.05) is 0 Å². The van der Waals surface area contributed by atoms with Crippen LogP contribution in [-0.2, 0) is 11.4 Å². The maximum atomic E-state index is 10.5. The Bertz CT molecular complexity index is 517. The Morgan fingerprint density at radius 2 is 1.79 bits per heavy atom. The molecule has 0 spiro atoms. The molecule has 4 atom stereocenters. The molecule has 24 heavy (non-hydrogen) atoms. The highest BCUT2D eigenvalue weighted by Crippen LogP contribution is 2.45. The van der Waals surface area contributed by atoms with E-state index in [0.29, 0.717) is 6.42 Å². The minimum atomic E-state index is -0.735. The van der Waals surface area contributed by atoms with Crippen molar-refractivity contribution in [1.29, 1.82) is 0 Å². The maximum Gasteiger partial charge on any atom is 0.303 e. The van der Waals surface area contributed by atoms with Gasteiger partial charge in [0.15, 0.2) is 0 Å². The van der Waals surface area contributed by atoms with E-state index in [1.165, 1.54) is 0 Å². The zero-order valence-corrected chi connectivity index (χ0v) is 14.7. The summed E-state index contributed by atoms with van der Waals surface area (Å²) < 4.78 is 0. The van der Waals surface area contributed by atoms with Gasteiger partial charge in [-0.05, 0) is 36.3 Å². The van der Waals surface area contributed by atoms with Gasteiger partial charge >= 0.3 is 5.97 Å². The predicted octanol–water partition coefficient (Wildman–Crippen LogP) is 3.68. The lowest BCUT2D eigenvalue weighted by Gasteiger charge is -2.24. The van der Waals surface area contributed by atoms with Crippen molar-refractivity contribution in [2.45, 2.75) is 69.0 Å². The summed E-state index contributed by atoms with van der Waals surface area (Å²) in [5, 5.41) is 28.2. The molecule has 1 aliphatic rings. The van der Waals surface area contributed by atoms with Gasteiger partial charge in [-0.3, -0.25) is 4.79 Å². The highest BCUT2D eigenvalue weighted by atomic mass is 35.5. The molecule has 5 heteroatoms. The molecule has 0 bridgehead atoms. The normalized spacial score (nSPS) is 26.6. The molecule has 134 valence electrons. The van der Waals surface area contributed by atoms with Crippen LogP contribution < -0.4 is 0 Å². The second-order valence-corrected chi connectivity index (χ2v) is 7.32. The molecular formula is C19H27ClO4. The van der Waals surface area contributed by atoms with Gasteiger partial charge in [0.25, 0.3) is 0 Å². The lowest BCUT2D eigenvalue weighted by atomic mass is 9.84. The van der Waals surface area contributed by atoms with E-state index in [-0.39, 0.29) is 30.2 Å². The molecule has 3 N–H and O–H groups in total. The Hall–Kier alpha value is -1.10. The number of aliphatic hydroxyl groups excluding tert-OH is 2. The molecule has 1 aromatic rings. The average Bonchev–Trinajstić information content (AvgIpc) is 2.84. The molecule has 1 saturated carbocycles. The number of alkyl halides is 1. The fourth-order valence-corrected chi connectivity index (χ4v) is 4.21. The van der Waals surface area contributed by atoms with Gasteiger partial charge in [0.2, 0.25) is 0 Å². The van der Waals surface area contributed by atoms with Crippen molar-refractivity contribution < 1.29 is 20.1 Å². The molecule has 1 fully saturated rings. The fraction of sp³-hybridized carbons (Fsp3) is 0.632. The first kappa shape index (κ1) is 19.2. The molecule has 0 heterocycles. The first-order valence-corrected chi connectivity index (χ1v) is 9.20. The van der Waals surface area contributed by atoms with Crippen LogP contribution in [0.3, 0.4) is 0 Å². The molecule has 1 aliphatic carbocycles. The molecule has 0 saturated heterocycles. The monoisotopic (exact) mass is 354 g/mol. The summed E-state index contributed by atoms with van der Waals surface area (Å²) in [5.41, 5.74) is 1.95. The van der Waals surface area contributed by atoms with Crippen LogP contribution >= 0.6 is 11.6 Å².